The lowest BCUT2D eigenvalue weighted by Crippen LogP contribution is -2.23. The summed E-state index contributed by atoms with van der Waals surface area (Å²) in [6, 6.07) is 5.66. The fourth-order valence-electron chi connectivity index (χ4n) is 3.77. The van der Waals surface area contributed by atoms with Crippen LogP contribution in [0, 0.1) is 5.82 Å². The van der Waals surface area contributed by atoms with Crippen molar-refractivity contribution in [3.63, 3.8) is 0 Å². The Hall–Kier alpha value is -1.99. The van der Waals surface area contributed by atoms with Gasteiger partial charge in [0.05, 0.1) is 5.39 Å². The molecule has 0 radical (unpaired) electrons. The summed E-state index contributed by atoms with van der Waals surface area (Å²) in [6.45, 7) is 2.72. The second-order valence-electron chi connectivity index (χ2n) is 7.27. The van der Waals surface area contributed by atoms with Crippen molar-refractivity contribution >= 4 is 39.1 Å². The number of thioether (sulfide) groups is 1. The van der Waals surface area contributed by atoms with Crippen LogP contribution in [-0.4, -0.2) is 21.1 Å². The van der Waals surface area contributed by atoms with Crippen LogP contribution in [0.15, 0.2) is 34.2 Å². The molecule has 1 aromatic carbocycles. The van der Waals surface area contributed by atoms with Gasteiger partial charge in [0.15, 0.2) is 10.9 Å². The fraction of sp³-hybridized carbons (Fsp3) is 0.409. The third-order valence-electron chi connectivity index (χ3n) is 5.18. The number of Topliss-reactive ketones (excluding diaryl/α,β-unsaturated/α-hetero) is 1. The first-order chi connectivity index (χ1) is 14.1. The van der Waals surface area contributed by atoms with Crippen LogP contribution >= 0.6 is 23.1 Å². The van der Waals surface area contributed by atoms with Crippen LogP contribution in [0.3, 0.4) is 0 Å². The van der Waals surface area contributed by atoms with Crippen molar-refractivity contribution in [3.8, 4) is 0 Å². The van der Waals surface area contributed by atoms with Crippen LogP contribution in [0.2, 0.25) is 0 Å². The van der Waals surface area contributed by atoms with E-state index in [9.17, 15) is 14.0 Å². The Kier molecular flexibility index (Phi) is 6.15. The molecule has 2 heterocycles. The Bertz CT molecular complexity index is 1100. The number of fused-ring (bicyclic) bond motifs is 3. The lowest BCUT2D eigenvalue weighted by molar-refractivity contribution is 0.0982. The molecule has 0 bridgehead atoms. The Morgan fingerprint density at radius 1 is 1.28 bits per heavy atom. The van der Waals surface area contributed by atoms with E-state index in [1.54, 1.807) is 27.7 Å². The molecule has 0 atom stereocenters. The molecular formula is C22H23FN2O2S2. The summed E-state index contributed by atoms with van der Waals surface area (Å²) >= 11 is 3.20. The summed E-state index contributed by atoms with van der Waals surface area (Å²) in [7, 11) is 0. The third kappa shape index (κ3) is 4.16. The van der Waals surface area contributed by atoms with Crippen LogP contribution in [0.25, 0.3) is 10.2 Å². The molecule has 152 valence electrons. The summed E-state index contributed by atoms with van der Waals surface area (Å²) in [4.78, 5) is 32.4. The molecule has 0 fully saturated rings. The highest BCUT2D eigenvalue weighted by Gasteiger charge is 2.23. The van der Waals surface area contributed by atoms with Crippen LogP contribution < -0.4 is 5.56 Å². The zero-order valence-electron chi connectivity index (χ0n) is 16.4. The Balaban J connectivity index is 1.47. The summed E-state index contributed by atoms with van der Waals surface area (Å²) in [5, 5.41) is 1.57. The summed E-state index contributed by atoms with van der Waals surface area (Å²) in [5.41, 5.74) is 1.84. The molecule has 3 aromatic rings. The normalized spacial score (nSPS) is 13.2. The maximum atomic E-state index is 13.1. The molecule has 4 nitrogen and oxygen atoms in total. The zero-order valence-corrected chi connectivity index (χ0v) is 18.0. The molecule has 0 amide bonds. The maximum absolute atomic E-state index is 13.1. The van der Waals surface area contributed by atoms with E-state index >= 15 is 0 Å². The molecule has 1 aliphatic rings. The number of thiophene rings is 1. The van der Waals surface area contributed by atoms with Gasteiger partial charge < -0.3 is 0 Å². The largest absolute Gasteiger partial charge is 0.294 e. The number of carbonyl (C=O) groups is 1. The van der Waals surface area contributed by atoms with E-state index < -0.39 is 0 Å². The Labute approximate surface area is 177 Å². The molecule has 0 aliphatic heterocycles. The monoisotopic (exact) mass is 430 g/mol. The van der Waals surface area contributed by atoms with Crippen LogP contribution in [0.4, 0.5) is 4.39 Å². The summed E-state index contributed by atoms with van der Waals surface area (Å²) in [5.74, 6) is 0.376. The van der Waals surface area contributed by atoms with E-state index in [-0.39, 0.29) is 17.2 Å². The minimum Gasteiger partial charge on any atom is -0.294 e. The number of hydrogen-bond acceptors (Lipinski definition) is 5. The fourth-order valence-corrected chi connectivity index (χ4v) is 6.03. The first-order valence-electron chi connectivity index (χ1n) is 10.0. The number of carbonyl (C=O) groups excluding carboxylic acids is 1. The van der Waals surface area contributed by atoms with Crippen molar-refractivity contribution in [3.05, 3.63) is 56.4 Å². The van der Waals surface area contributed by atoms with Gasteiger partial charge >= 0.3 is 0 Å². The van der Waals surface area contributed by atoms with Crippen LogP contribution in [0.5, 0.6) is 0 Å². The lowest BCUT2D eigenvalue weighted by atomic mass is 10.1. The van der Waals surface area contributed by atoms with Gasteiger partial charge in [-0.3, -0.25) is 14.2 Å². The molecule has 0 saturated heterocycles. The zero-order chi connectivity index (χ0) is 20.4. The van der Waals surface area contributed by atoms with Crippen molar-refractivity contribution in [1.29, 1.82) is 0 Å². The quantitative estimate of drug-likeness (QED) is 0.212. The minimum absolute atomic E-state index is 0.00893. The number of hydrogen-bond donors (Lipinski definition) is 0. The van der Waals surface area contributed by atoms with Crippen molar-refractivity contribution in [1.82, 2.24) is 9.55 Å². The highest BCUT2D eigenvalue weighted by molar-refractivity contribution is 7.99. The van der Waals surface area contributed by atoms with E-state index in [0.717, 1.165) is 41.1 Å². The molecule has 0 unspecified atom stereocenters. The number of aryl methyl sites for hydroxylation is 2. The number of nitrogens with zero attached hydrogens (tertiary/aromatic N) is 2. The van der Waals surface area contributed by atoms with Crippen molar-refractivity contribution in [2.45, 2.75) is 57.1 Å². The third-order valence-corrected chi connectivity index (χ3v) is 7.43. The molecule has 2 aromatic heterocycles. The van der Waals surface area contributed by atoms with E-state index in [1.165, 1.54) is 34.7 Å². The minimum atomic E-state index is -0.341. The predicted molar refractivity (Wildman–Crippen MR) is 117 cm³/mol. The molecular weight excluding hydrogens is 407 g/mol. The molecule has 4 rings (SSSR count). The van der Waals surface area contributed by atoms with Gasteiger partial charge in [-0.05, 0) is 61.9 Å². The van der Waals surface area contributed by atoms with Crippen LogP contribution in [0.1, 0.15) is 53.4 Å². The van der Waals surface area contributed by atoms with Gasteiger partial charge in [0.1, 0.15) is 10.6 Å². The Morgan fingerprint density at radius 3 is 2.83 bits per heavy atom. The standard InChI is InChI=1S/C22H23FN2O2S2/c1-2-12-25-21(27)19-16-5-3-7-18(16)29-20(19)24-22(25)28-13-4-6-17(26)14-8-10-15(23)11-9-14/h8-11H,2-7,12-13H2,1H3. The highest BCUT2D eigenvalue weighted by atomic mass is 32.2. The van der Waals surface area contributed by atoms with E-state index in [1.807, 2.05) is 0 Å². The van der Waals surface area contributed by atoms with Gasteiger partial charge in [-0.1, -0.05) is 18.7 Å². The highest BCUT2D eigenvalue weighted by Crippen LogP contribution is 2.35. The van der Waals surface area contributed by atoms with Gasteiger partial charge in [0.25, 0.3) is 5.56 Å². The summed E-state index contributed by atoms with van der Waals surface area (Å²) in [6.07, 6.45) is 5.11. The number of ketones is 1. The van der Waals surface area contributed by atoms with Crippen molar-refractivity contribution in [2.75, 3.05) is 5.75 Å². The molecule has 0 N–H and O–H groups in total. The second-order valence-corrected chi connectivity index (χ2v) is 9.42. The van der Waals surface area contributed by atoms with Crippen molar-refractivity contribution in [2.24, 2.45) is 0 Å². The van der Waals surface area contributed by atoms with E-state index in [4.69, 9.17) is 4.98 Å². The van der Waals surface area contributed by atoms with Gasteiger partial charge in [-0.2, -0.15) is 0 Å². The van der Waals surface area contributed by atoms with Gasteiger partial charge in [-0.15, -0.1) is 11.3 Å². The molecule has 1 aliphatic carbocycles. The van der Waals surface area contributed by atoms with Gasteiger partial charge in [0.2, 0.25) is 0 Å². The lowest BCUT2D eigenvalue weighted by Gasteiger charge is -2.11. The first-order valence-corrected chi connectivity index (χ1v) is 11.9. The number of benzene rings is 1. The molecule has 7 heteroatoms. The van der Waals surface area contributed by atoms with Crippen molar-refractivity contribution < 1.29 is 9.18 Å². The number of aromatic nitrogens is 2. The SMILES string of the molecule is CCCn1c(SCCCC(=O)c2ccc(F)cc2)nc2sc3c(c2c1=O)CCC3. The predicted octanol–water partition coefficient (Wildman–Crippen LogP) is 5.25. The summed E-state index contributed by atoms with van der Waals surface area (Å²) < 4.78 is 14.8. The van der Waals surface area contributed by atoms with E-state index in [2.05, 4.69) is 6.92 Å². The number of halogens is 1. The average molecular weight is 431 g/mol. The maximum Gasteiger partial charge on any atom is 0.263 e. The first kappa shape index (κ1) is 20.3. The number of rotatable bonds is 8. The average Bonchev–Trinajstić information content (AvgIpc) is 3.29. The van der Waals surface area contributed by atoms with E-state index in [0.29, 0.717) is 30.7 Å². The van der Waals surface area contributed by atoms with Gasteiger partial charge in [-0.25, -0.2) is 9.37 Å². The molecule has 29 heavy (non-hydrogen) atoms. The molecule has 0 saturated carbocycles. The van der Waals surface area contributed by atoms with Gasteiger partial charge in [0, 0.05) is 29.2 Å². The molecule has 0 spiro atoms. The Morgan fingerprint density at radius 2 is 2.07 bits per heavy atom. The smallest absolute Gasteiger partial charge is 0.263 e. The second kappa shape index (κ2) is 8.79. The van der Waals surface area contributed by atoms with Crippen LogP contribution in [-0.2, 0) is 19.4 Å². The topological polar surface area (TPSA) is 52.0 Å².